The van der Waals surface area contributed by atoms with E-state index in [0.29, 0.717) is 0 Å². The lowest BCUT2D eigenvalue weighted by Crippen LogP contribution is -2.18. The molecule has 0 amide bonds. The van der Waals surface area contributed by atoms with Crippen molar-refractivity contribution in [3.05, 3.63) is 57.5 Å². The summed E-state index contributed by atoms with van der Waals surface area (Å²) < 4.78 is 1.08. The Morgan fingerprint density at radius 3 is 2.74 bits per heavy atom. The van der Waals surface area contributed by atoms with Gasteiger partial charge in [0.1, 0.15) is 0 Å². The Balaban J connectivity index is 2.28. The molecule has 2 rings (SSSR count). The lowest BCUT2D eigenvalue weighted by molar-refractivity contribution is 0.729. The molecule has 0 fully saturated rings. The molecular formula is C15H15BrClNS. The molecule has 0 spiro atoms. The fourth-order valence-corrected chi connectivity index (χ4v) is 3.47. The summed E-state index contributed by atoms with van der Waals surface area (Å²) in [6.07, 6.45) is 0.863. The van der Waals surface area contributed by atoms with Crippen LogP contribution in [0.5, 0.6) is 0 Å². The number of rotatable bonds is 4. The van der Waals surface area contributed by atoms with Crippen molar-refractivity contribution in [2.75, 3.05) is 0 Å². The third kappa shape index (κ3) is 4.53. The molecule has 2 aromatic rings. The van der Waals surface area contributed by atoms with E-state index in [1.54, 1.807) is 11.8 Å². The molecule has 0 radical (unpaired) electrons. The van der Waals surface area contributed by atoms with Gasteiger partial charge in [-0.3, -0.25) is 0 Å². The maximum Gasteiger partial charge on any atom is 0.0417 e. The third-order valence-electron chi connectivity index (χ3n) is 2.59. The van der Waals surface area contributed by atoms with Crippen LogP contribution in [0, 0.1) is 0 Å². The highest BCUT2D eigenvalue weighted by Crippen LogP contribution is 2.33. The van der Waals surface area contributed by atoms with Gasteiger partial charge >= 0.3 is 0 Å². The van der Waals surface area contributed by atoms with Crippen LogP contribution in [0.3, 0.4) is 0 Å². The average molecular weight is 357 g/mol. The number of nitrogens with two attached hydrogens (primary N) is 1. The first kappa shape index (κ1) is 14.9. The van der Waals surface area contributed by atoms with Crippen LogP contribution < -0.4 is 5.73 Å². The summed E-state index contributed by atoms with van der Waals surface area (Å²) >= 11 is 11.2. The first-order valence-electron chi connectivity index (χ1n) is 6.02. The molecule has 4 heteroatoms. The molecule has 100 valence electrons. The normalized spacial score (nSPS) is 12.4. The van der Waals surface area contributed by atoms with Gasteiger partial charge in [-0.2, -0.15) is 0 Å². The monoisotopic (exact) mass is 355 g/mol. The van der Waals surface area contributed by atoms with Gasteiger partial charge in [-0.25, -0.2) is 0 Å². The van der Waals surface area contributed by atoms with Crippen molar-refractivity contribution in [1.82, 2.24) is 0 Å². The van der Waals surface area contributed by atoms with Gasteiger partial charge in [0.15, 0.2) is 0 Å². The predicted molar refractivity (Wildman–Crippen MR) is 87.1 cm³/mol. The summed E-state index contributed by atoms with van der Waals surface area (Å²) in [5, 5.41) is 0.760. The standard InChI is InChI=1S/C15H15BrClNS/c1-10(18)7-11-8-12(16)5-6-15(11)19-14-4-2-3-13(17)9-14/h2-6,8-10H,7,18H2,1H3. The second-order valence-electron chi connectivity index (χ2n) is 4.49. The number of hydrogen-bond donors (Lipinski definition) is 1. The highest BCUT2D eigenvalue weighted by Gasteiger charge is 2.08. The quantitative estimate of drug-likeness (QED) is 0.820. The van der Waals surface area contributed by atoms with Gasteiger partial charge in [0.2, 0.25) is 0 Å². The maximum absolute atomic E-state index is 6.02. The smallest absolute Gasteiger partial charge is 0.0417 e. The van der Waals surface area contributed by atoms with Crippen molar-refractivity contribution < 1.29 is 0 Å². The highest BCUT2D eigenvalue weighted by atomic mass is 79.9. The zero-order valence-corrected chi connectivity index (χ0v) is 13.7. The lowest BCUT2D eigenvalue weighted by atomic mass is 10.1. The SMILES string of the molecule is CC(N)Cc1cc(Br)ccc1Sc1cccc(Cl)c1. The molecule has 19 heavy (non-hydrogen) atoms. The van der Waals surface area contributed by atoms with Crippen LogP contribution in [0.15, 0.2) is 56.7 Å². The van der Waals surface area contributed by atoms with Crippen LogP contribution in [0.2, 0.25) is 5.02 Å². The highest BCUT2D eigenvalue weighted by molar-refractivity contribution is 9.10. The first-order chi connectivity index (χ1) is 9.04. The molecule has 0 aliphatic heterocycles. The van der Waals surface area contributed by atoms with Crippen molar-refractivity contribution >= 4 is 39.3 Å². The minimum Gasteiger partial charge on any atom is -0.328 e. The van der Waals surface area contributed by atoms with Gasteiger partial charge in [0.25, 0.3) is 0 Å². The van der Waals surface area contributed by atoms with E-state index in [1.807, 2.05) is 25.1 Å². The maximum atomic E-state index is 6.02. The Morgan fingerprint density at radius 1 is 1.26 bits per heavy atom. The van der Waals surface area contributed by atoms with Gasteiger partial charge in [-0.15, -0.1) is 0 Å². The third-order valence-corrected chi connectivity index (χ3v) is 4.42. The topological polar surface area (TPSA) is 26.0 Å². The van der Waals surface area contributed by atoms with Crippen LogP contribution in [-0.4, -0.2) is 6.04 Å². The summed E-state index contributed by atoms with van der Waals surface area (Å²) in [6.45, 7) is 2.02. The minimum atomic E-state index is 0.146. The minimum absolute atomic E-state index is 0.146. The summed E-state index contributed by atoms with van der Waals surface area (Å²) in [5.41, 5.74) is 7.17. The Kier molecular flexibility index (Phi) is 5.34. The van der Waals surface area contributed by atoms with Gasteiger partial charge in [0.05, 0.1) is 0 Å². The van der Waals surface area contributed by atoms with Crippen molar-refractivity contribution in [2.45, 2.75) is 29.2 Å². The van der Waals surface area contributed by atoms with E-state index in [2.05, 4.69) is 40.2 Å². The average Bonchev–Trinajstić information content (AvgIpc) is 2.32. The fraction of sp³-hybridized carbons (Fsp3) is 0.200. The molecule has 0 aromatic heterocycles. The Labute approximate surface area is 131 Å². The molecule has 0 heterocycles. The van der Waals surface area contributed by atoms with Gasteiger partial charge in [-0.05, 0) is 55.3 Å². The summed E-state index contributed by atoms with van der Waals surface area (Å²) in [5.74, 6) is 0. The Morgan fingerprint density at radius 2 is 2.05 bits per heavy atom. The van der Waals surface area contributed by atoms with Crippen molar-refractivity contribution in [3.63, 3.8) is 0 Å². The van der Waals surface area contributed by atoms with Crippen molar-refractivity contribution in [2.24, 2.45) is 5.73 Å². The summed E-state index contributed by atoms with van der Waals surface area (Å²) in [7, 11) is 0. The van der Waals surface area contributed by atoms with E-state index in [-0.39, 0.29) is 6.04 Å². The van der Waals surface area contributed by atoms with E-state index in [4.69, 9.17) is 17.3 Å². The Bertz CT molecular complexity index is 572. The number of benzene rings is 2. The summed E-state index contributed by atoms with van der Waals surface area (Å²) in [6, 6.07) is 14.3. The zero-order chi connectivity index (χ0) is 13.8. The second kappa shape index (κ2) is 6.80. The van der Waals surface area contributed by atoms with E-state index < -0.39 is 0 Å². The summed E-state index contributed by atoms with van der Waals surface area (Å²) in [4.78, 5) is 2.36. The number of hydrogen-bond acceptors (Lipinski definition) is 2. The van der Waals surface area contributed by atoms with Crippen LogP contribution in [-0.2, 0) is 6.42 Å². The van der Waals surface area contributed by atoms with Gasteiger partial charge in [0, 0.05) is 25.3 Å². The van der Waals surface area contributed by atoms with Gasteiger partial charge in [-0.1, -0.05) is 45.4 Å². The molecule has 1 atom stereocenters. The number of halogens is 2. The molecule has 2 N–H and O–H groups in total. The van der Waals surface area contributed by atoms with Crippen molar-refractivity contribution in [3.8, 4) is 0 Å². The second-order valence-corrected chi connectivity index (χ2v) is 6.96. The van der Waals surface area contributed by atoms with Crippen LogP contribution in [0.1, 0.15) is 12.5 Å². The van der Waals surface area contributed by atoms with Crippen LogP contribution >= 0.6 is 39.3 Å². The largest absolute Gasteiger partial charge is 0.328 e. The molecular weight excluding hydrogens is 342 g/mol. The van der Waals surface area contributed by atoms with E-state index in [1.165, 1.54) is 10.5 Å². The lowest BCUT2D eigenvalue weighted by Gasteiger charge is -2.12. The molecule has 1 unspecified atom stereocenters. The predicted octanol–water partition coefficient (Wildman–Crippen LogP) is 5.14. The fourth-order valence-electron chi connectivity index (χ4n) is 1.81. The molecule has 0 aliphatic carbocycles. The zero-order valence-electron chi connectivity index (χ0n) is 10.6. The van der Waals surface area contributed by atoms with Crippen molar-refractivity contribution in [1.29, 1.82) is 0 Å². The molecule has 2 aromatic carbocycles. The van der Waals surface area contributed by atoms with Crippen LogP contribution in [0.25, 0.3) is 0 Å². The van der Waals surface area contributed by atoms with E-state index >= 15 is 0 Å². The Hall–Kier alpha value is -0.480. The molecule has 0 saturated carbocycles. The van der Waals surface area contributed by atoms with Gasteiger partial charge < -0.3 is 5.73 Å². The molecule has 0 saturated heterocycles. The van der Waals surface area contributed by atoms with E-state index in [0.717, 1.165) is 20.8 Å². The van der Waals surface area contributed by atoms with E-state index in [9.17, 15) is 0 Å². The molecule has 1 nitrogen and oxygen atoms in total. The van der Waals surface area contributed by atoms with Crippen LogP contribution in [0.4, 0.5) is 0 Å². The first-order valence-corrected chi connectivity index (χ1v) is 8.01. The molecule has 0 bridgehead atoms. The molecule has 0 aliphatic rings.